The van der Waals surface area contributed by atoms with Gasteiger partial charge in [0.05, 0.1) is 0 Å². The van der Waals surface area contributed by atoms with E-state index >= 15 is 0 Å². The van der Waals surface area contributed by atoms with Crippen LogP contribution < -0.4 is 11.1 Å². The molecule has 0 amide bonds. The van der Waals surface area contributed by atoms with Crippen LogP contribution in [0.25, 0.3) is 0 Å². The zero-order chi connectivity index (χ0) is 9.90. The van der Waals surface area contributed by atoms with Crippen LogP contribution in [0.5, 0.6) is 0 Å². The van der Waals surface area contributed by atoms with Gasteiger partial charge in [0.1, 0.15) is 0 Å². The molecule has 78 valence electrons. The summed E-state index contributed by atoms with van der Waals surface area (Å²) in [6, 6.07) is 0. The van der Waals surface area contributed by atoms with Gasteiger partial charge in [-0.15, -0.1) is 0 Å². The van der Waals surface area contributed by atoms with Crippen LogP contribution in [-0.4, -0.2) is 18.6 Å². The Morgan fingerprint density at radius 1 is 1.54 bits per heavy atom. The first kappa shape index (κ1) is 11.0. The standard InChI is InChI=1S/C11H24N2/c1-4-11(3,12)8-13-7-9(2)10-5-6-10/h9-10,13H,4-8,12H2,1-3H3. The predicted molar refractivity (Wildman–Crippen MR) is 57.6 cm³/mol. The molecule has 2 unspecified atom stereocenters. The molecule has 13 heavy (non-hydrogen) atoms. The average molecular weight is 184 g/mol. The lowest BCUT2D eigenvalue weighted by Crippen LogP contribution is -2.46. The van der Waals surface area contributed by atoms with Crippen LogP contribution in [0, 0.1) is 11.8 Å². The summed E-state index contributed by atoms with van der Waals surface area (Å²) in [7, 11) is 0. The van der Waals surface area contributed by atoms with Crippen LogP contribution in [0.4, 0.5) is 0 Å². The summed E-state index contributed by atoms with van der Waals surface area (Å²) < 4.78 is 0. The van der Waals surface area contributed by atoms with E-state index in [-0.39, 0.29) is 5.54 Å². The maximum absolute atomic E-state index is 6.03. The minimum absolute atomic E-state index is 0.0245. The van der Waals surface area contributed by atoms with Crippen molar-refractivity contribution in [1.82, 2.24) is 5.32 Å². The minimum atomic E-state index is -0.0245. The second-order valence-electron chi connectivity index (χ2n) is 4.95. The van der Waals surface area contributed by atoms with E-state index in [1.807, 2.05) is 0 Å². The summed E-state index contributed by atoms with van der Waals surface area (Å²) in [5, 5.41) is 3.47. The van der Waals surface area contributed by atoms with Crippen molar-refractivity contribution in [3.05, 3.63) is 0 Å². The number of nitrogens with two attached hydrogens (primary N) is 1. The molecule has 0 heterocycles. The van der Waals surface area contributed by atoms with Crippen LogP contribution in [0.1, 0.15) is 40.0 Å². The van der Waals surface area contributed by atoms with Crippen LogP contribution in [0.15, 0.2) is 0 Å². The molecule has 0 aromatic carbocycles. The van der Waals surface area contributed by atoms with Gasteiger partial charge in [-0.25, -0.2) is 0 Å². The van der Waals surface area contributed by atoms with E-state index < -0.39 is 0 Å². The largest absolute Gasteiger partial charge is 0.324 e. The second kappa shape index (κ2) is 4.43. The molecule has 1 aliphatic rings. The first-order valence-electron chi connectivity index (χ1n) is 5.55. The summed E-state index contributed by atoms with van der Waals surface area (Å²) in [4.78, 5) is 0. The fourth-order valence-corrected chi connectivity index (χ4v) is 1.54. The van der Waals surface area contributed by atoms with E-state index in [9.17, 15) is 0 Å². The van der Waals surface area contributed by atoms with E-state index in [0.29, 0.717) is 0 Å². The summed E-state index contributed by atoms with van der Waals surface area (Å²) >= 11 is 0. The van der Waals surface area contributed by atoms with Gasteiger partial charge in [-0.05, 0) is 44.6 Å². The highest BCUT2D eigenvalue weighted by Gasteiger charge is 2.27. The lowest BCUT2D eigenvalue weighted by atomic mass is 10.00. The van der Waals surface area contributed by atoms with Crippen molar-refractivity contribution in [3.8, 4) is 0 Å². The molecule has 0 radical (unpaired) electrons. The second-order valence-corrected chi connectivity index (χ2v) is 4.95. The Morgan fingerprint density at radius 3 is 2.62 bits per heavy atom. The van der Waals surface area contributed by atoms with Crippen molar-refractivity contribution >= 4 is 0 Å². The van der Waals surface area contributed by atoms with Crippen molar-refractivity contribution < 1.29 is 0 Å². The van der Waals surface area contributed by atoms with Crippen molar-refractivity contribution in [3.63, 3.8) is 0 Å². The molecule has 3 N–H and O–H groups in total. The summed E-state index contributed by atoms with van der Waals surface area (Å²) in [6.07, 6.45) is 3.92. The monoisotopic (exact) mass is 184 g/mol. The third-order valence-electron chi connectivity index (χ3n) is 3.23. The summed E-state index contributed by atoms with van der Waals surface area (Å²) in [5.74, 6) is 1.84. The molecule has 0 bridgehead atoms. The molecule has 0 spiro atoms. The minimum Gasteiger partial charge on any atom is -0.324 e. The first-order valence-corrected chi connectivity index (χ1v) is 5.55. The van der Waals surface area contributed by atoms with Crippen molar-refractivity contribution in [1.29, 1.82) is 0 Å². The summed E-state index contributed by atoms with van der Waals surface area (Å²) in [6.45, 7) is 8.68. The first-order chi connectivity index (χ1) is 6.05. The molecule has 0 saturated heterocycles. The molecule has 1 fully saturated rings. The van der Waals surface area contributed by atoms with Crippen molar-refractivity contribution in [2.45, 2.75) is 45.6 Å². The van der Waals surface area contributed by atoms with Gasteiger partial charge in [-0.2, -0.15) is 0 Å². The maximum Gasteiger partial charge on any atom is 0.0249 e. The molecule has 1 aliphatic carbocycles. The molecular formula is C11H24N2. The Balaban J connectivity index is 2.05. The highest BCUT2D eigenvalue weighted by molar-refractivity contribution is 4.83. The Hall–Kier alpha value is -0.0800. The molecule has 2 nitrogen and oxygen atoms in total. The van der Waals surface area contributed by atoms with Crippen LogP contribution >= 0.6 is 0 Å². The van der Waals surface area contributed by atoms with Gasteiger partial charge >= 0.3 is 0 Å². The highest BCUT2D eigenvalue weighted by atomic mass is 14.9. The Morgan fingerprint density at radius 2 is 2.15 bits per heavy atom. The van der Waals surface area contributed by atoms with E-state index in [1.54, 1.807) is 0 Å². The average Bonchev–Trinajstić information content (AvgIpc) is 2.86. The van der Waals surface area contributed by atoms with Gasteiger partial charge in [0.15, 0.2) is 0 Å². The van der Waals surface area contributed by atoms with Crippen molar-refractivity contribution in [2.75, 3.05) is 13.1 Å². The maximum atomic E-state index is 6.03. The molecule has 1 rings (SSSR count). The zero-order valence-corrected chi connectivity index (χ0v) is 9.27. The molecule has 1 saturated carbocycles. The molecule has 0 aliphatic heterocycles. The topological polar surface area (TPSA) is 38.0 Å². The third kappa shape index (κ3) is 4.10. The zero-order valence-electron chi connectivity index (χ0n) is 9.27. The number of nitrogens with one attached hydrogen (secondary N) is 1. The molecular weight excluding hydrogens is 160 g/mol. The molecule has 0 aromatic rings. The quantitative estimate of drug-likeness (QED) is 0.660. The van der Waals surface area contributed by atoms with E-state index in [1.165, 1.54) is 12.8 Å². The van der Waals surface area contributed by atoms with E-state index in [2.05, 4.69) is 26.1 Å². The third-order valence-corrected chi connectivity index (χ3v) is 3.23. The van der Waals surface area contributed by atoms with Gasteiger partial charge in [-0.3, -0.25) is 0 Å². The fraction of sp³-hybridized carbons (Fsp3) is 1.00. The SMILES string of the molecule is CCC(C)(N)CNCC(C)C1CC1. The van der Waals surface area contributed by atoms with Gasteiger partial charge in [-0.1, -0.05) is 13.8 Å². The van der Waals surface area contributed by atoms with Gasteiger partial charge < -0.3 is 11.1 Å². The van der Waals surface area contributed by atoms with E-state index in [0.717, 1.165) is 31.3 Å². The molecule has 2 atom stereocenters. The molecule has 0 aromatic heterocycles. The predicted octanol–water partition coefficient (Wildman–Crippen LogP) is 1.75. The van der Waals surface area contributed by atoms with Crippen LogP contribution in [0.2, 0.25) is 0 Å². The lowest BCUT2D eigenvalue weighted by molar-refractivity contribution is 0.382. The number of rotatable bonds is 6. The smallest absolute Gasteiger partial charge is 0.0249 e. The normalized spacial score (nSPS) is 24.0. The van der Waals surface area contributed by atoms with Crippen LogP contribution in [0.3, 0.4) is 0 Å². The van der Waals surface area contributed by atoms with Crippen LogP contribution in [-0.2, 0) is 0 Å². The fourth-order valence-electron chi connectivity index (χ4n) is 1.54. The van der Waals surface area contributed by atoms with Gasteiger partial charge in [0, 0.05) is 12.1 Å². The Labute approximate surface area is 82.3 Å². The van der Waals surface area contributed by atoms with E-state index in [4.69, 9.17) is 5.73 Å². The molecule has 2 heteroatoms. The van der Waals surface area contributed by atoms with Gasteiger partial charge in [0.25, 0.3) is 0 Å². The Kier molecular flexibility index (Phi) is 3.74. The van der Waals surface area contributed by atoms with Crippen molar-refractivity contribution in [2.24, 2.45) is 17.6 Å². The highest BCUT2D eigenvalue weighted by Crippen LogP contribution is 2.36. The number of hydrogen-bond donors (Lipinski definition) is 2. The lowest BCUT2D eigenvalue weighted by Gasteiger charge is -2.24. The summed E-state index contributed by atoms with van der Waals surface area (Å²) in [5.41, 5.74) is 6.01. The Bertz CT molecular complexity index is 150. The van der Waals surface area contributed by atoms with Gasteiger partial charge in [0.2, 0.25) is 0 Å². The number of hydrogen-bond acceptors (Lipinski definition) is 2.